The average Bonchev–Trinajstić information content (AvgIpc) is 3.29. The monoisotopic (exact) mass is 360 g/mol. The molecule has 3 nitrogen and oxygen atoms in total. The molecular weight excluding hydrogens is 340 g/mol. The zero-order valence-corrected chi connectivity index (χ0v) is 15.1. The molecule has 1 saturated carbocycles. The maximum absolute atomic E-state index is 13.1. The van der Waals surface area contributed by atoms with E-state index >= 15 is 0 Å². The molecule has 0 spiro atoms. The third-order valence-corrected chi connectivity index (χ3v) is 6.39. The summed E-state index contributed by atoms with van der Waals surface area (Å²) < 4.78 is 0. The molecule has 0 radical (unpaired) electrons. The molecule has 2 fully saturated rings. The Morgan fingerprint density at radius 1 is 1.17 bits per heavy atom. The highest BCUT2D eigenvalue weighted by atomic mass is 35.5. The van der Waals surface area contributed by atoms with E-state index in [4.69, 9.17) is 11.6 Å². The maximum Gasteiger partial charge on any atom is 0.230 e. The molecule has 1 amide bonds. The van der Waals surface area contributed by atoms with Crippen molar-refractivity contribution in [2.75, 3.05) is 13.1 Å². The Bertz CT molecular complexity index is 689. The second-order valence-electron chi connectivity index (χ2n) is 6.84. The van der Waals surface area contributed by atoms with E-state index in [0.717, 1.165) is 49.4 Å². The van der Waals surface area contributed by atoms with Gasteiger partial charge in [0.1, 0.15) is 0 Å². The van der Waals surface area contributed by atoms with Gasteiger partial charge in [0.15, 0.2) is 0 Å². The fourth-order valence-corrected chi connectivity index (χ4v) is 4.63. The topological polar surface area (TPSA) is 33.2 Å². The molecule has 1 aromatic carbocycles. The first-order valence-electron chi connectivity index (χ1n) is 8.66. The number of likely N-dealkylation sites (tertiary alicyclic amines) is 1. The second-order valence-corrected chi connectivity index (χ2v) is 8.20. The van der Waals surface area contributed by atoms with E-state index in [9.17, 15) is 4.79 Å². The minimum Gasteiger partial charge on any atom is -0.342 e. The molecule has 24 heavy (non-hydrogen) atoms. The molecule has 2 heterocycles. The van der Waals surface area contributed by atoms with Crippen molar-refractivity contribution >= 4 is 28.8 Å². The Kier molecular flexibility index (Phi) is 4.59. The van der Waals surface area contributed by atoms with E-state index in [-0.39, 0.29) is 5.92 Å². The van der Waals surface area contributed by atoms with Crippen LogP contribution in [0.4, 0.5) is 0 Å². The molecule has 1 saturated heterocycles. The Hall–Kier alpha value is -1.39. The van der Waals surface area contributed by atoms with Gasteiger partial charge in [-0.1, -0.05) is 23.7 Å². The summed E-state index contributed by atoms with van der Waals surface area (Å²) in [4.78, 5) is 19.7. The van der Waals surface area contributed by atoms with Crippen LogP contribution in [-0.4, -0.2) is 28.9 Å². The number of hydrogen-bond donors (Lipinski definition) is 0. The van der Waals surface area contributed by atoms with Gasteiger partial charge in [-0.15, -0.1) is 11.3 Å². The molecule has 1 aromatic heterocycles. The second kappa shape index (κ2) is 6.85. The molecule has 4 rings (SSSR count). The SMILES string of the molecule is O=C(C(c1ccc(Cl)cc1)C1CC1)N1CCC(c2nccs2)CC1. The molecular formula is C19H21ClN2OS. The molecule has 1 unspecified atom stereocenters. The highest BCUT2D eigenvalue weighted by Crippen LogP contribution is 2.44. The van der Waals surface area contributed by atoms with Gasteiger partial charge in [0, 0.05) is 35.6 Å². The van der Waals surface area contributed by atoms with Gasteiger partial charge in [0.05, 0.1) is 10.9 Å². The number of carbonyl (C=O) groups excluding carboxylic acids is 1. The number of amides is 1. The van der Waals surface area contributed by atoms with Gasteiger partial charge in [-0.2, -0.15) is 0 Å². The fourth-order valence-electron chi connectivity index (χ4n) is 3.70. The van der Waals surface area contributed by atoms with E-state index in [1.165, 1.54) is 5.01 Å². The first-order chi connectivity index (χ1) is 11.7. The molecule has 5 heteroatoms. The van der Waals surface area contributed by atoms with Gasteiger partial charge in [-0.25, -0.2) is 4.98 Å². The summed E-state index contributed by atoms with van der Waals surface area (Å²) in [5.41, 5.74) is 1.12. The summed E-state index contributed by atoms with van der Waals surface area (Å²) in [6.07, 6.45) is 6.25. The normalized spacial score (nSPS) is 20.1. The van der Waals surface area contributed by atoms with Crippen molar-refractivity contribution in [1.82, 2.24) is 9.88 Å². The first-order valence-corrected chi connectivity index (χ1v) is 9.92. The predicted molar refractivity (Wildman–Crippen MR) is 97.6 cm³/mol. The fraction of sp³-hybridized carbons (Fsp3) is 0.474. The number of hydrogen-bond acceptors (Lipinski definition) is 3. The minimum atomic E-state index is 0.0127. The average molecular weight is 361 g/mol. The Morgan fingerprint density at radius 2 is 1.88 bits per heavy atom. The van der Waals surface area contributed by atoms with Gasteiger partial charge in [-0.05, 0) is 49.3 Å². The van der Waals surface area contributed by atoms with E-state index in [0.29, 0.717) is 17.7 Å². The molecule has 1 aliphatic heterocycles. The first kappa shape index (κ1) is 16.1. The van der Waals surface area contributed by atoms with Crippen LogP contribution in [0.25, 0.3) is 0 Å². The van der Waals surface area contributed by atoms with Crippen molar-refractivity contribution in [2.24, 2.45) is 5.92 Å². The smallest absolute Gasteiger partial charge is 0.230 e. The van der Waals surface area contributed by atoms with Gasteiger partial charge in [-0.3, -0.25) is 4.79 Å². The van der Waals surface area contributed by atoms with E-state index in [1.54, 1.807) is 11.3 Å². The van der Waals surface area contributed by atoms with Crippen LogP contribution in [0.2, 0.25) is 5.02 Å². The summed E-state index contributed by atoms with van der Waals surface area (Å²) >= 11 is 7.74. The number of carbonyl (C=O) groups is 1. The lowest BCUT2D eigenvalue weighted by Crippen LogP contribution is -2.41. The van der Waals surface area contributed by atoms with Crippen LogP contribution < -0.4 is 0 Å². The van der Waals surface area contributed by atoms with Crippen molar-refractivity contribution in [2.45, 2.75) is 37.5 Å². The summed E-state index contributed by atoms with van der Waals surface area (Å²) in [5, 5.41) is 3.99. The highest BCUT2D eigenvalue weighted by Gasteiger charge is 2.40. The van der Waals surface area contributed by atoms with Crippen LogP contribution in [0.5, 0.6) is 0 Å². The van der Waals surface area contributed by atoms with Crippen molar-refractivity contribution in [3.63, 3.8) is 0 Å². The van der Waals surface area contributed by atoms with Crippen LogP contribution in [0, 0.1) is 5.92 Å². The molecule has 2 aliphatic rings. The van der Waals surface area contributed by atoms with Crippen molar-refractivity contribution in [1.29, 1.82) is 0 Å². The Labute approximate surface area is 151 Å². The number of piperidine rings is 1. The van der Waals surface area contributed by atoms with Crippen molar-refractivity contribution < 1.29 is 4.79 Å². The third kappa shape index (κ3) is 3.35. The van der Waals surface area contributed by atoms with E-state index in [1.807, 2.05) is 35.8 Å². The standard InChI is InChI=1S/C19H21ClN2OS/c20-16-5-3-14(4-6-16)17(13-1-2-13)19(23)22-10-7-15(8-11-22)18-21-9-12-24-18/h3-6,9,12-13,15,17H,1-2,7-8,10-11H2. The van der Waals surface area contributed by atoms with Crippen LogP contribution in [-0.2, 0) is 4.79 Å². The molecule has 2 aromatic rings. The number of aromatic nitrogens is 1. The van der Waals surface area contributed by atoms with E-state index < -0.39 is 0 Å². The van der Waals surface area contributed by atoms with Gasteiger partial charge >= 0.3 is 0 Å². The molecule has 1 atom stereocenters. The van der Waals surface area contributed by atoms with Crippen LogP contribution in [0.1, 0.15) is 48.1 Å². The summed E-state index contributed by atoms with van der Waals surface area (Å²) in [6.45, 7) is 1.69. The zero-order valence-electron chi connectivity index (χ0n) is 13.5. The van der Waals surface area contributed by atoms with Crippen molar-refractivity contribution in [3.05, 3.63) is 51.4 Å². The Balaban J connectivity index is 1.45. The highest BCUT2D eigenvalue weighted by molar-refractivity contribution is 7.09. The van der Waals surface area contributed by atoms with E-state index in [2.05, 4.69) is 9.88 Å². The lowest BCUT2D eigenvalue weighted by molar-refractivity contribution is -0.134. The molecule has 0 bridgehead atoms. The number of thiazole rings is 1. The summed E-state index contributed by atoms with van der Waals surface area (Å²) in [6, 6.07) is 7.83. The Morgan fingerprint density at radius 3 is 2.46 bits per heavy atom. The van der Waals surface area contributed by atoms with Crippen LogP contribution >= 0.6 is 22.9 Å². The number of halogens is 1. The lowest BCUT2D eigenvalue weighted by Gasteiger charge is -2.34. The largest absolute Gasteiger partial charge is 0.342 e. The van der Waals surface area contributed by atoms with Gasteiger partial charge in [0.2, 0.25) is 5.91 Å². The van der Waals surface area contributed by atoms with Crippen LogP contribution in [0.3, 0.4) is 0 Å². The predicted octanol–water partition coefficient (Wildman–Crippen LogP) is 4.70. The summed E-state index contributed by atoms with van der Waals surface area (Å²) in [7, 11) is 0. The lowest BCUT2D eigenvalue weighted by atomic mass is 9.90. The number of benzene rings is 1. The molecule has 126 valence electrons. The number of nitrogens with zero attached hydrogens (tertiary/aromatic N) is 2. The maximum atomic E-state index is 13.1. The third-order valence-electron chi connectivity index (χ3n) is 5.20. The minimum absolute atomic E-state index is 0.0127. The van der Waals surface area contributed by atoms with Gasteiger partial charge in [0.25, 0.3) is 0 Å². The van der Waals surface area contributed by atoms with Gasteiger partial charge < -0.3 is 4.90 Å². The number of rotatable bonds is 4. The molecule has 1 aliphatic carbocycles. The molecule has 0 N–H and O–H groups in total. The summed E-state index contributed by atoms with van der Waals surface area (Å²) in [5.74, 6) is 1.34. The van der Waals surface area contributed by atoms with Crippen molar-refractivity contribution in [3.8, 4) is 0 Å². The quantitative estimate of drug-likeness (QED) is 0.792. The van der Waals surface area contributed by atoms with Crippen LogP contribution in [0.15, 0.2) is 35.8 Å². The zero-order chi connectivity index (χ0) is 16.5.